The van der Waals surface area contributed by atoms with E-state index in [0.717, 1.165) is 11.3 Å². The van der Waals surface area contributed by atoms with Gasteiger partial charge in [-0.2, -0.15) is 0 Å². The molecule has 0 bridgehead atoms. The van der Waals surface area contributed by atoms with Crippen LogP contribution in [0.2, 0.25) is 0 Å². The molecular weight excluding hydrogens is 189 g/mol. The predicted molar refractivity (Wildman–Crippen MR) is 58.2 cm³/mol. The Labute approximate surface area is 88.6 Å². The highest BCUT2D eigenvalue weighted by molar-refractivity contribution is 5.27. The van der Waals surface area contributed by atoms with Crippen molar-refractivity contribution in [2.24, 2.45) is 0 Å². The zero-order chi connectivity index (χ0) is 10.7. The van der Waals surface area contributed by atoms with Crippen molar-refractivity contribution in [3.8, 4) is 0 Å². The summed E-state index contributed by atoms with van der Waals surface area (Å²) in [5.41, 5.74) is 2.66. The van der Waals surface area contributed by atoms with Crippen molar-refractivity contribution in [1.82, 2.24) is 4.98 Å². The summed E-state index contributed by atoms with van der Waals surface area (Å²) < 4.78 is 13.4. The third kappa shape index (κ3) is 2.40. The lowest BCUT2D eigenvalue weighted by Gasteiger charge is -2.03. The molecule has 1 heterocycles. The van der Waals surface area contributed by atoms with E-state index >= 15 is 0 Å². The SMILES string of the molecule is Cc1ccc(F)c(Cc2ccccn2)c1. The second kappa shape index (κ2) is 4.22. The van der Waals surface area contributed by atoms with Gasteiger partial charge in [-0.15, -0.1) is 0 Å². The molecule has 0 aliphatic carbocycles. The van der Waals surface area contributed by atoms with Crippen molar-refractivity contribution in [2.45, 2.75) is 13.3 Å². The van der Waals surface area contributed by atoms with Crippen LogP contribution in [0.3, 0.4) is 0 Å². The van der Waals surface area contributed by atoms with Crippen molar-refractivity contribution in [2.75, 3.05) is 0 Å². The first-order chi connectivity index (χ1) is 7.25. The van der Waals surface area contributed by atoms with Gasteiger partial charge in [-0.25, -0.2) is 4.39 Å². The minimum Gasteiger partial charge on any atom is -0.261 e. The number of rotatable bonds is 2. The van der Waals surface area contributed by atoms with Crippen LogP contribution in [0.15, 0.2) is 42.6 Å². The maximum absolute atomic E-state index is 13.4. The van der Waals surface area contributed by atoms with Gasteiger partial charge < -0.3 is 0 Å². The lowest BCUT2D eigenvalue weighted by atomic mass is 10.1. The molecule has 0 fully saturated rings. The Kier molecular flexibility index (Phi) is 2.77. The van der Waals surface area contributed by atoms with E-state index in [0.29, 0.717) is 12.0 Å². The molecule has 1 aromatic carbocycles. The van der Waals surface area contributed by atoms with Crippen LogP contribution in [0, 0.1) is 12.7 Å². The van der Waals surface area contributed by atoms with E-state index in [-0.39, 0.29) is 5.82 Å². The molecule has 1 aromatic heterocycles. The summed E-state index contributed by atoms with van der Waals surface area (Å²) in [5, 5.41) is 0. The summed E-state index contributed by atoms with van der Waals surface area (Å²) in [4.78, 5) is 4.18. The Hall–Kier alpha value is -1.70. The number of halogens is 1. The third-order valence-electron chi connectivity index (χ3n) is 2.30. The molecule has 0 N–H and O–H groups in total. The molecule has 2 aromatic rings. The van der Waals surface area contributed by atoms with E-state index in [1.54, 1.807) is 12.3 Å². The van der Waals surface area contributed by atoms with Crippen LogP contribution in [0.5, 0.6) is 0 Å². The molecule has 76 valence electrons. The summed E-state index contributed by atoms with van der Waals surface area (Å²) in [6.07, 6.45) is 2.28. The van der Waals surface area contributed by atoms with Gasteiger partial charge in [0, 0.05) is 18.3 Å². The van der Waals surface area contributed by atoms with E-state index in [9.17, 15) is 4.39 Å². The highest BCUT2D eigenvalue weighted by Crippen LogP contribution is 2.13. The molecular formula is C13H12FN. The van der Waals surface area contributed by atoms with Crippen LogP contribution in [0.25, 0.3) is 0 Å². The van der Waals surface area contributed by atoms with E-state index in [1.165, 1.54) is 6.07 Å². The summed E-state index contributed by atoms with van der Waals surface area (Å²) in [6.45, 7) is 1.96. The van der Waals surface area contributed by atoms with Crippen LogP contribution < -0.4 is 0 Å². The van der Waals surface area contributed by atoms with Crippen LogP contribution in [-0.2, 0) is 6.42 Å². The Morgan fingerprint density at radius 3 is 2.80 bits per heavy atom. The van der Waals surface area contributed by atoms with Gasteiger partial charge in [-0.1, -0.05) is 23.8 Å². The third-order valence-corrected chi connectivity index (χ3v) is 2.30. The van der Waals surface area contributed by atoms with Crippen LogP contribution in [0.4, 0.5) is 4.39 Å². The van der Waals surface area contributed by atoms with Gasteiger partial charge in [0.15, 0.2) is 0 Å². The maximum Gasteiger partial charge on any atom is 0.126 e. The van der Waals surface area contributed by atoms with Gasteiger partial charge in [0.25, 0.3) is 0 Å². The van der Waals surface area contributed by atoms with Gasteiger partial charge in [-0.3, -0.25) is 4.98 Å². The molecule has 0 spiro atoms. The molecule has 0 saturated heterocycles. The predicted octanol–water partition coefficient (Wildman–Crippen LogP) is 3.12. The number of aryl methyl sites for hydroxylation is 1. The Morgan fingerprint density at radius 1 is 1.20 bits per heavy atom. The standard InChI is InChI=1S/C13H12FN/c1-10-5-6-13(14)11(8-10)9-12-4-2-3-7-15-12/h2-8H,9H2,1H3. The minimum absolute atomic E-state index is 0.161. The fraction of sp³-hybridized carbons (Fsp3) is 0.154. The van der Waals surface area contributed by atoms with Crippen molar-refractivity contribution in [1.29, 1.82) is 0 Å². The van der Waals surface area contributed by atoms with Crippen molar-refractivity contribution < 1.29 is 4.39 Å². The highest BCUT2D eigenvalue weighted by Gasteiger charge is 2.03. The maximum atomic E-state index is 13.4. The highest BCUT2D eigenvalue weighted by atomic mass is 19.1. The number of hydrogen-bond acceptors (Lipinski definition) is 1. The number of benzene rings is 1. The van der Waals surface area contributed by atoms with Gasteiger partial charge in [0.1, 0.15) is 5.82 Å². The van der Waals surface area contributed by atoms with Gasteiger partial charge in [0.05, 0.1) is 0 Å². The molecule has 1 nitrogen and oxygen atoms in total. The normalized spacial score (nSPS) is 10.3. The quantitative estimate of drug-likeness (QED) is 0.727. The number of pyridine rings is 1. The number of hydrogen-bond donors (Lipinski definition) is 0. The molecule has 0 unspecified atom stereocenters. The van der Waals surface area contributed by atoms with Gasteiger partial charge >= 0.3 is 0 Å². The number of nitrogens with zero attached hydrogens (tertiary/aromatic N) is 1. The van der Waals surface area contributed by atoms with E-state index in [1.807, 2.05) is 31.2 Å². The first kappa shape index (κ1) is 9.84. The fourth-order valence-corrected chi connectivity index (χ4v) is 1.54. The van der Waals surface area contributed by atoms with Crippen LogP contribution in [0.1, 0.15) is 16.8 Å². The average molecular weight is 201 g/mol. The zero-order valence-corrected chi connectivity index (χ0v) is 8.57. The second-order valence-electron chi connectivity index (χ2n) is 3.59. The van der Waals surface area contributed by atoms with E-state index in [4.69, 9.17) is 0 Å². The Balaban J connectivity index is 2.28. The van der Waals surface area contributed by atoms with E-state index < -0.39 is 0 Å². The zero-order valence-electron chi connectivity index (χ0n) is 8.57. The fourth-order valence-electron chi connectivity index (χ4n) is 1.54. The lowest BCUT2D eigenvalue weighted by Crippen LogP contribution is -1.95. The average Bonchev–Trinajstić information content (AvgIpc) is 2.25. The van der Waals surface area contributed by atoms with Gasteiger partial charge in [-0.05, 0) is 30.7 Å². The molecule has 0 aliphatic heterocycles. The molecule has 2 heteroatoms. The topological polar surface area (TPSA) is 12.9 Å². The Morgan fingerprint density at radius 2 is 2.07 bits per heavy atom. The van der Waals surface area contributed by atoms with Crippen LogP contribution >= 0.6 is 0 Å². The monoisotopic (exact) mass is 201 g/mol. The van der Waals surface area contributed by atoms with Crippen LogP contribution in [-0.4, -0.2) is 4.98 Å². The largest absolute Gasteiger partial charge is 0.261 e. The lowest BCUT2D eigenvalue weighted by molar-refractivity contribution is 0.612. The first-order valence-electron chi connectivity index (χ1n) is 4.90. The van der Waals surface area contributed by atoms with E-state index in [2.05, 4.69) is 4.98 Å². The molecule has 0 amide bonds. The second-order valence-corrected chi connectivity index (χ2v) is 3.59. The smallest absolute Gasteiger partial charge is 0.126 e. The minimum atomic E-state index is -0.161. The first-order valence-corrected chi connectivity index (χ1v) is 4.90. The van der Waals surface area contributed by atoms with Crippen molar-refractivity contribution in [3.63, 3.8) is 0 Å². The molecule has 2 rings (SSSR count). The molecule has 0 saturated carbocycles. The molecule has 0 atom stereocenters. The summed E-state index contributed by atoms with van der Waals surface area (Å²) in [5.74, 6) is -0.161. The van der Waals surface area contributed by atoms with Gasteiger partial charge in [0.2, 0.25) is 0 Å². The van der Waals surface area contributed by atoms with Crippen molar-refractivity contribution >= 4 is 0 Å². The molecule has 0 radical (unpaired) electrons. The molecule has 15 heavy (non-hydrogen) atoms. The summed E-state index contributed by atoms with van der Waals surface area (Å²) >= 11 is 0. The number of aromatic nitrogens is 1. The molecule has 0 aliphatic rings. The summed E-state index contributed by atoms with van der Waals surface area (Å²) in [6, 6.07) is 10.8. The van der Waals surface area contributed by atoms with Crippen molar-refractivity contribution in [3.05, 3.63) is 65.2 Å². The summed E-state index contributed by atoms with van der Waals surface area (Å²) in [7, 11) is 0. The Bertz CT molecular complexity index is 451.